The monoisotopic (exact) mass is 411 g/mol. The van der Waals surface area contributed by atoms with E-state index in [1.54, 1.807) is 0 Å². The van der Waals surface area contributed by atoms with Crippen molar-refractivity contribution in [2.24, 2.45) is 0 Å². The SMILES string of the molecule is O=S(=O)(c1ccc(F)cc1F)N1CCN(C(=S)NCc2ccccc2)CC1. The molecular formula is C18H19F2N3O2S2. The predicted octanol–water partition coefficient (Wildman–Crippen LogP) is 2.35. The maximum absolute atomic E-state index is 13.9. The summed E-state index contributed by atoms with van der Waals surface area (Å²) in [7, 11) is -4.01. The van der Waals surface area contributed by atoms with Crippen molar-refractivity contribution in [1.29, 1.82) is 0 Å². The van der Waals surface area contributed by atoms with Gasteiger partial charge in [0.2, 0.25) is 10.0 Å². The molecule has 3 rings (SSSR count). The van der Waals surface area contributed by atoms with Gasteiger partial charge in [-0.2, -0.15) is 4.31 Å². The molecule has 0 aliphatic carbocycles. The van der Waals surface area contributed by atoms with Crippen LogP contribution in [-0.4, -0.2) is 48.9 Å². The first-order valence-corrected chi connectivity index (χ1v) is 10.2. The average Bonchev–Trinajstić information content (AvgIpc) is 2.66. The molecular weight excluding hydrogens is 392 g/mol. The van der Waals surface area contributed by atoms with Crippen molar-refractivity contribution in [3.05, 3.63) is 65.7 Å². The molecule has 9 heteroatoms. The van der Waals surface area contributed by atoms with Crippen LogP contribution in [0.5, 0.6) is 0 Å². The van der Waals surface area contributed by atoms with Gasteiger partial charge in [0.15, 0.2) is 5.11 Å². The molecule has 2 aromatic rings. The van der Waals surface area contributed by atoms with Gasteiger partial charge in [-0.1, -0.05) is 30.3 Å². The average molecular weight is 411 g/mol. The number of hydrogen-bond donors (Lipinski definition) is 1. The van der Waals surface area contributed by atoms with Gasteiger partial charge >= 0.3 is 0 Å². The van der Waals surface area contributed by atoms with Crippen molar-refractivity contribution in [2.45, 2.75) is 11.4 Å². The van der Waals surface area contributed by atoms with E-state index in [4.69, 9.17) is 12.2 Å². The van der Waals surface area contributed by atoms with Crippen LogP contribution in [0.25, 0.3) is 0 Å². The number of halogens is 2. The summed E-state index contributed by atoms with van der Waals surface area (Å²) in [5.74, 6) is -1.90. The molecule has 1 aliphatic rings. The van der Waals surface area contributed by atoms with Crippen molar-refractivity contribution in [3.63, 3.8) is 0 Å². The fraction of sp³-hybridized carbons (Fsp3) is 0.278. The molecule has 27 heavy (non-hydrogen) atoms. The predicted molar refractivity (Wildman–Crippen MR) is 103 cm³/mol. The fourth-order valence-electron chi connectivity index (χ4n) is 2.84. The highest BCUT2D eigenvalue weighted by atomic mass is 32.2. The third kappa shape index (κ3) is 4.60. The molecule has 5 nitrogen and oxygen atoms in total. The Labute approximate surface area is 162 Å². The van der Waals surface area contributed by atoms with Crippen LogP contribution in [-0.2, 0) is 16.6 Å². The number of nitrogens with zero attached hydrogens (tertiary/aromatic N) is 2. The van der Waals surface area contributed by atoms with E-state index in [2.05, 4.69) is 5.32 Å². The van der Waals surface area contributed by atoms with Gasteiger partial charge in [0.05, 0.1) is 0 Å². The second kappa shape index (κ2) is 8.28. The number of nitrogens with one attached hydrogen (secondary N) is 1. The van der Waals surface area contributed by atoms with Gasteiger partial charge in [-0.3, -0.25) is 0 Å². The third-order valence-corrected chi connectivity index (χ3v) is 6.66. The van der Waals surface area contributed by atoms with E-state index in [1.807, 2.05) is 35.2 Å². The molecule has 1 N–H and O–H groups in total. The molecule has 0 radical (unpaired) electrons. The number of rotatable bonds is 4. The van der Waals surface area contributed by atoms with Crippen LogP contribution in [0, 0.1) is 11.6 Å². The zero-order chi connectivity index (χ0) is 19.4. The molecule has 0 unspecified atom stereocenters. The molecule has 144 valence electrons. The smallest absolute Gasteiger partial charge is 0.246 e. The third-order valence-electron chi connectivity index (χ3n) is 4.32. The first-order chi connectivity index (χ1) is 12.9. The zero-order valence-corrected chi connectivity index (χ0v) is 16.1. The molecule has 1 fully saturated rings. The van der Waals surface area contributed by atoms with Gasteiger partial charge in [0.25, 0.3) is 0 Å². The normalized spacial score (nSPS) is 15.6. The minimum atomic E-state index is -4.01. The van der Waals surface area contributed by atoms with Crippen LogP contribution in [0.2, 0.25) is 0 Å². The highest BCUT2D eigenvalue weighted by Gasteiger charge is 2.31. The van der Waals surface area contributed by atoms with E-state index in [0.29, 0.717) is 30.8 Å². The minimum absolute atomic E-state index is 0.173. The topological polar surface area (TPSA) is 52.7 Å². The summed E-state index contributed by atoms with van der Waals surface area (Å²) in [6, 6.07) is 12.3. The molecule has 0 amide bonds. The Morgan fingerprint density at radius 3 is 2.33 bits per heavy atom. The van der Waals surface area contributed by atoms with E-state index in [9.17, 15) is 17.2 Å². The Hall–Kier alpha value is -2.10. The molecule has 1 aliphatic heterocycles. The largest absolute Gasteiger partial charge is 0.358 e. The lowest BCUT2D eigenvalue weighted by Gasteiger charge is -2.35. The number of sulfonamides is 1. The van der Waals surface area contributed by atoms with Crippen LogP contribution in [0.15, 0.2) is 53.4 Å². The number of benzene rings is 2. The quantitative estimate of drug-likeness (QED) is 0.783. The van der Waals surface area contributed by atoms with Gasteiger partial charge in [0, 0.05) is 38.8 Å². The highest BCUT2D eigenvalue weighted by Crippen LogP contribution is 2.21. The highest BCUT2D eigenvalue weighted by molar-refractivity contribution is 7.89. The molecule has 2 aromatic carbocycles. The van der Waals surface area contributed by atoms with Crippen LogP contribution in [0.4, 0.5) is 8.78 Å². The summed E-state index contributed by atoms with van der Waals surface area (Å²) in [5, 5.41) is 3.70. The summed E-state index contributed by atoms with van der Waals surface area (Å²) in [6.07, 6.45) is 0. The molecule has 0 bridgehead atoms. The Bertz CT molecular complexity index is 915. The molecule has 0 aromatic heterocycles. The van der Waals surface area contributed by atoms with Crippen LogP contribution in [0.3, 0.4) is 0 Å². The van der Waals surface area contributed by atoms with E-state index in [1.165, 1.54) is 4.31 Å². The number of thiocarbonyl (C=S) groups is 1. The van der Waals surface area contributed by atoms with E-state index in [0.717, 1.165) is 17.7 Å². The van der Waals surface area contributed by atoms with Crippen LogP contribution >= 0.6 is 12.2 Å². The van der Waals surface area contributed by atoms with Crippen LogP contribution < -0.4 is 5.32 Å². The first-order valence-electron chi connectivity index (χ1n) is 8.40. The second-order valence-electron chi connectivity index (χ2n) is 6.11. The Kier molecular flexibility index (Phi) is 6.03. The van der Waals surface area contributed by atoms with Crippen molar-refractivity contribution in [3.8, 4) is 0 Å². The van der Waals surface area contributed by atoms with Gasteiger partial charge < -0.3 is 10.2 Å². The summed E-state index contributed by atoms with van der Waals surface area (Å²) >= 11 is 5.38. The fourth-order valence-corrected chi connectivity index (χ4v) is 4.56. The molecule has 1 heterocycles. The Morgan fingerprint density at radius 1 is 1.04 bits per heavy atom. The van der Waals surface area contributed by atoms with Gasteiger partial charge in [-0.15, -0.1) is 0 Å². The summed E-state index contributed by atoms with van der Waals surface area (Å²) in [4.78, 5) is 1.37. The first kappa shape index (κ1) is 19.7. The van der Waals surface area contributed by atoms with Gasteiger partial charge in [0.1, 0.15) is 16.5 Å². The zero-order valence-electron chi connectivity index (χ0n) is 14.4. The number of hydrogen-bond acceptors (Lipinski definition) is 3. The minimum Gasteiger partial charge on any atom is -0.358 e. The van der Waals surface area contributed by atoms with Crippen molar-refractivity contribution in [2.75, 3.05) is 26.2 Å². The molecule has 0 atom stereocenters. The van der Waals surface area contributed by atoms with Crippen molar-refractivity contribution >= 4 is 27.4 Å². The van der Waals surface area contributed by atoms with E-state index >= 15 is 0 Å². The molecule has 0 spiro atoms. The van der Waals surface area contributed by atoms with Gasteiger partial charge in [-0.05, 0) is 29.9 Å². The van der Waals surface area contributed by atoms with E-state index < -0.39 is 26.6 Å². The van der Waals surface area contributed by atoms with Crippen LogP contribution in [0.1, 0.15) is 5.56 Å². The Balaban J connectivity index is 1.58. The lowest BCUT2D eigenvalue weighted by Crippen LogP contribution is -2.52. The van der Waals surface area contributed by atoms with Crippen molar-refractivity contribution in [1.82, 2.24) is 14.5 Å². The maximum atomic E-state index is 13.9. The molecule has 0 saturated carbocycles. The molecule has 1 saturated heterocycles. The standard InChI is InChI=1S/C18H19F2N3O2S2/c19-15-6-7-17(16(20)12-15)27(24,25)23-10-8-22(9-11-23)18(26)21-13-14-4-2-1-3-5-14/h1-7,12H,8-11,13H2,(H,21,26). The lowest BCUT2D eigenvalue weighted by atomic mass is 10.2. The maximum Gasteiger partial charge on any atom is 0.246 e. The van der Waals surface area contributed by atoms with Gasteiger partial charge in [-0.25, -0.2) is 17.2 Å². The Morgan fingerprint density at radius 2 is 1.70 bits per heavy atom. The summed E-state index contributed by atoms with van der Waals surface area (Å²) in [5.41, 5.74) is 1.09. The summed E-state index contributed by atoms with van der Waals surface area (Å²) < 4.78 is 53.3. The number of piperazine rings is 1. The van der Waals surface area contributed by atoms with Crippen molar-refractivity contribution < 1.29 is 17.2 Å². The summed E-state index contributed by atoms with van der Waals surface area (Å²) in [6.45, 7) is 1.71. The lowest BCUT2D eigenvalue weighted by molar-refractivity contribution is 0.263. The second-order valence-corrected chi connectivity index (χ2v) is 8.40. The van der Waals surface area contributed by atoms with E-state index in [-0.39, 0.29) is 13.1 Å².